The van der Waals surface area contributed by atoms with E-state index in [2.05, 4.69) is 15.6 Å². The Bertz CT molecular complexity index is 622. The highest BCUT2D eigenvalue weighted by molar-refractivity contribution is 6.29. The Kier molecular flexibility index (Phi) is 3.91. The summed E-state index contributed by atoms with van der Waals surface area (Å²) in [6.07, 6.45) is 1.43. The molecule has 0 aliphatic carbocycles. The van der Waals surface area contributed by atoms with Crippen molar-refractivity contribution < 1.29 is 13.6 Å². The van der Waals surface area contributed by atoms with Crippen molar-refractivity contribution in [1.82, 2.24) is 4.98 Å². The van der Waals surface area contributed by atoms with Crippen LogP contribution in [0.4, 0.5) is 25.0 Å². The molecule has 2 rings (SSSR count). The summed E-state index contributed by atoms with van der Waals surface area (Å²) < 4.78 is 25.6. The molecule has 1 aromatic carbocycles. The van der Waals surface area contributed by atoms with Gasteiger partial charge in [-0.05, 0) is 24.3 Å². The monoisotopic (exact) mass is 283 g/mol. The van der Waals surface area contributed by atoms with Crippen LogP contribution in [-0.4, -0.2) is 11.0 Å². The summed E-state index contributed by atoms with van der Waals surface area (Å²) >= 11 is 5.65. The van der Waals surface area contributed by atoms with Crippen molar-refractivity contribution in [2.24, 2.45) is 0 Å². The standard InChI is InChI=1S/C12H8ClF2N3O/c13-11-6-8(3-4-16-11)18-12(19)17-7-1-2-9(14)10(15)5-7/h1-6H,(H2,16,17,18,19). The number of nitrogens with zero attached hydrogens (tertiary/aromatic N) is 1. The van der Waals surface area contributed by atoms with Crippen LogP contribution in [0.1, 0.15) is 0 Å². The van der Waals surface area contributed by atoms with E-state index in [4.69, 9.17) is 11.6 Å². The van der Waals surface area contributed by atoms with Crippen molar-refractivity contribution >= 4 is 29.0 Å². The summed E-state index contributed by atoms with van der Waals surface area (Å²) in [6, 6.07) is 5.44. The molecule has 1 heterocycles. The molecule has 19 heavy (non-hydrogen) atoms. The summed E-state index contributed by atoms with van der Waals surface area (Å²) in [5.74, 6) is -2.02. The Morgan fingerprint density at radius 1 is 1.05 bits per heavy atom. The third kappa shape index (κ3) is 3.62. The quantitative estimate of drug-likeness (QED) is 0.827. The minimum atomic E-state index is -1.04. The molecule has 98 valence electrons. The topological polar surface area (TPSA) is 54.0 Å². The fourth-order valence-corrected chi connectivity index (χ4v) is 1.52. The number of benzene rings is 1. The maximum absolute atomic E-state index is 12.9. The Balaban J connectivity index is 2.03. The lowest BCUT2D eigenvalue weighted by molar-refractivity contribution is 0.262. The Morgan fingerprint density at radius 3 is 2.37 bits per heavy atom. The molecule has 0 saturated heterocycles. The van der Waals surface area contributed by atoms with E-state index in [1.165, 1.54) is 24.4 Å². The van der Waals surface area contributed by atoms with Crippen molar-refractivity contribution in [2.75, 3.05) is 10.6 Å². The molecule has 0 fully saturated rings. The van der Waals surface area contributed by atoms with E-state index < -0.39 is 17.7 Å². The molecule has 0 unspecified atom stereocenters. The third-order valence-corrected chi connectivity index (χ3v) is 2.37. The lowest BCUT2D eigenvalue weighted by Crippen LogP contribution is -2.19. The lowest BCUT2D eigenvalue weighted by Gasteiger charge is -2.07. The van der Waals surface area contributed by atoms with Crippen molar-refractivity contribution in [3.63, 3.8) is 0 Å². The average Bonchev–Trinajstić information content (AvgIpc) is 2.34. The van der Waals surface area contributed by atoms with Crippen molar-refractivity contribution in [2.45, 2.75) is 0 Å². The number of halogens is 3. The maximum Gasteiger partial charge on any atom is 0.323 e. The van der Waals surface area contributed by atoms with E-state index in [1.54, 1.807) is 0 Å². The summed E-state index contributed by atoms with van der Waals surface area (Å²) in [6.45, 7) is 0. The predicted molar refractivity (Wildman–Crippen MR) is 68.2 cm³/mol. The smallest absolute Gasteiger partial charge is 0.308 e. The molecule has 7 heteroatoms. The highest BCUT2D eigenvalue weighted by Crippen LogP contribution is 2.15. The van der Waals surface area contributed by atoms with Crippen LogP contribution in [0.5, 0.6) is 0 Å². The molecule has 0 radical (unpaired) electrons. The number of aromatic nitrogens is 1. The highest BCUT2D eigenvalue weighted by atomic mass is 35.5. The Labute approximate surface area is 112 Å². The number of carbonyl (C=O) groups excluding carboxylic acids is 1. The molecule has 0 aliphatic rings. The SMILES string of the molecule is O=C(Nc1ccnc(Cl)c1)Nc1ccc(F)c(F)c1. The Hall–Kier alpha value is -2.21. The fourth-order valence-electron chi connectivity index (χ4n) is 1.35. The van der Waals surface area contributed by atoms with E-state index in [0.717, 1.165) is 12.1 Å². The highest BCUT2D eigenvalue weighted by Gasteiger charge is 2.06. The van der Waals surface area contributed by atoms with Gasteiger partial charge in [0.2, 0.25) is 0 Å². The van der Waals surface area contributed by atoms with Crippen LogP contribution in [0.25, 0.3) is 0 Å². The van der Waals surface area contributed by atoms with Gasteiger partial charge in [0.15, 0.2) is 11.6 Å². The summed E-state index contributed by atoms with van der Waals surface area (Å²) in [7, 11) is 0. The molecule has 4 nitrogen and oxygen atoms in total. The molecule has 2 N–H and O–H groups in total. The summed E-state index contributed by atoms with van der Waals surface area (Å²) in [4.78, 5) is 15.3. The van der Waals surface area contributed by atoms with Gasteiger partial charge < -0.3 is 10.6 Å². The van der Waals surface area contributed by atoms with Crippen LogP contribution in [0.15, 0.2) is 36.5 Å². The van der Waals surface area contributed by atoms with Gasteiger partial charge in [-0.15, -0.1) is 0 Å². The van der Waals surface area contributed by atoms with Gasteiger partial charge in [0.1, 0.15) is 5.15 Å². The van der Waals surface area contributed by atoms with Crippen molar-refractivity contribution in [3.05, 3.63) is 53.3 Å². The largest absolute Gasteiger partial charge is 0.323 e. The number of carbonyl (C=O) groups is 1. The summed E-state index contributed by atoms with van der Waals surface area (Å²) in [5.41, 5.74) is 0.566. The first-order valence-electron chi connectivity index (χ1n) is 5.19. The first-order chi connectivity index (χ1) is 9.04. The predicted octanol–water partition coefficient (Wildman–Crippen LogP) is 3.66. The first-order valence-corrected chi connectivity index (χ1v) is 5.57. The second-order valence-corrected chi connectivity index (χ2v) is 3.96. The van der Waals surface area contributed by atoms with Gasteiger partial charge in [-0.3, -0.25) is 0 Å². The molecule has 2 aromatic rings. The number of pyridine rings is 1. The van der Waals surface area contributed by atoms with E-state index >= 15 is 0 Å². The number of rotatable bonds is 2. The number of amides is 2. The van der Waals surface area contributed by atoms with Gasteiger partial charge in [0.25, 0.3) is 0 Å². The molecule has 1 aromatic heterocycles. The molecule has 0 atom stereocenters. The third-order valence-electron chi connectivity index (χ3n) is 2.16. The number of hydrogen-bond donors (Lipinski definition) is 2. The van der Waals surface area contributed by atoms with Gasteiger partial charge in [-0.25, -0.2) is 18.6 Å². The number of anilines is 2. The molecule has 0 aliphatic heterocycles. The number of hydrogen-bond acceptors (Lipinski definition) is 2. The molecular formula is C12H8ClF2N3O. The van der Waals surface area contributed by atoms with E-state index in [0.29, 0.717) is 5.69 Å². The second kappa shape index (κ2) is 5.62. The van der Waals surface area contributed by atoms with Gasteiger partial charge in [0.05, 0.1) is 0 Å². The maximum atomic E-state index is 12.9. The zero-order valence-corrected chi connectivity index (χ0v) is 10.2. The molecule has 2 amide bonds. The zero-order valence-electron chi connectivity index (χ0n) is 9.45. The van der Waals surface area contributed by atoms with E-state index in [1.807, 2.05) is 0 Å². The number of urea groups is 1. The van der Waals surface area contributed by atoms with Crippen LogP contribution in [0, 0.1) is 11.6 Å². The second-order valence-electron chi connectivity index (χ2n) is 3.58. The van der Waals surface area contributed by atoms with Crippen molar-refractivity contribution in [3.8, 4) is 0 Å². The number of nitrogens with one attached hydrogen (secondary N) is 2. The fraction of sp³-hybridized carbons (Fsp3) is 0. The lowest BCUT2D eigenvalue weighted by atomic mass is 10.3. The van der Waals surface area contributed by atoms with Gasteiger partial charge in [0, 0.05) is 23.6 Å². The molecule has 0 saturated carbocycles. The van der Waals surface area contributed by atoms with Crippen LogP contribution in [0.3, 0.4) is 0 Å². The molecule has 0 bridgehead atoms. The molecular weight excluding hydrogens is 276 g/mol. The van der Waals surface area contributed by atoms with E-state index in [9.17, 15) is 13.6 Å². The van der Waals surface area contributed by atoms with Gasteiger partial charge in [-0.1, -0.05) is 11.6 Å². The summed E-state index contributed by atoms with van der Waals surface area (Å²) in [5, 5.41) is 5.06. The van der Waals surface area contributed by atoms with Crippen LogP contribution >= 0.6 is 11.6 Å². The Morgan fingerprint density at radius 2 is 1.74 bits per heavy atom. The van der Waals surface area contributed by atoms with Crippen LogP contribution in [-0.2, 0) is 0 Å². The van der Waals surface area contributed by atoms with Gasteiger partial charge >= 0.3 is 6.03 Å². The first kappa shape index (κ1) is 13.2. The minimum Gasteiger partial charge on any atom is -0.308 e. The molecule has 0 spiro atoms. The van der Waals surface area contributed by atoms with Crippen LogP contribution < -0.4 is 10.6 Å². The van der Waals surface area contributed by atoms with Crippen LogP contribution in [0.2, 0.25) is 5.15 Å². The average molecular weight is 284 g/mol. The minimum absolute atomic E-state index is 0.136. The van der Waals surface area contributed by atoms with Gasteiger partial charge in [-0.2, -0.15) is 0 Å². The van der Waals surface area contributed by atoms with E-state index in [-0.39, 0.29) is 10.8 Å². The zero-order chi connectivity index (χ0) is 13.8. The van der Waals surface area contributed by atoms with Crippen molar-refractivity contribution in [1.29, 1.82) is 0 Å². The normalized spacial score (nSPS) is 10.1.